The van der Waals surface area contributed by atoms with E-state index in [0.717, 1.165) is 36.7 Å². The lowest BCUT2D eigenvalue weighted by Gasteiger charge is -2.10. The highest BCUT2D eigenvalue weighted by molar-refractivity contribution is 7.92. The normalized spacial score (nSPS) is 13.4. The van der Waals surface area contributed by atoms with Crippen molar-refractivity contribution in [3.63, 3.8) is 0 Å². The number of hydrogen-bond donors (Lipinski definition) is 3. The van der Waals surface area contributed by atoms with E-state index in [4.69, 9.17) is 0 Å². The molecule has 0 radical (unpaired) electrons. The zero-order valence-corrected chi connectivity index (χ0v) is 16.6. The molecule has 0 saturated carbocycles. The van der Waals surface area contributed by atoms with Gasteiger partial charge in [-0.05, 0) is 53.9 Å². The maximum atomic E-state index is 12.4. The average molecular weight is 407 g/mol. The van der Waals surface area contributed by atoms with Gasteiger partial charge in [-0.25, -0.2) is 8.42 Å². The monoisotopic (exact) mass is 406 g/mol. The number of benzene rings is 3. The van der Waals surface area contributed by atoms with Gasteiger partial charge in [-0.3, -0.25) is 9.71 Å². The Kier molecular flexibility index (Phi) is 5.48. The fraction of sp³-hybridized carbons (Fsp3) is 0.136. The lowest BCUT2D eigenvalue weighted by molar-refractivity contribution is 0.601. The molecule has 0 unspecified atom stereocenters. The van der Waals surface area contributed by atoms with Gasteiger partial charge in [0.15, 0.2) is 5.96 Å². The van der Waals surface area contributed by atoms with Crippen LogP contribution in [-0.2, 0) is 16.4 Å². The van der Waals surface area contributed by atoms with E-state index in [9.17, 15) is 8.42 Å². The topological polar surface area (TPSA) is 82.6 Å². The van der Waals surface area contributed by atoms with Gasteiger partial charge in [0.1, 0.15) is 0 Å². The number of hydrogen-bond acceptors (Lipinski definition) is 5. The summed E-state index contributed by atoms with van der Waals surface area (Å²) < 4.78 is 27.4. The van der Waals surface area contributed by atoms with Crippen molar-refractivity contribution in [2.75, 3.05) is 23.1 Å². The number of aliphatic imine (C=N–C) groups is 1. The van der Waals surface area contributed by atoms with E-state index in [0.29, 0.717) is 5.69 Å². The number of sulfonamides is 1. The standard InChI is InChI=1S/C22H22N4O2S/c27-29(28,21-4-2-1-3-5-21)26-20-12-8-18(9-13-20)16-17-6-10-19(11-7-17)25-22-23-14-15-24-22/h1-13,26H,14-16H2,(H2,23,24,25). The molecule has 3 N–H and O–H groups in total. The Bertz CT molecular complexity index is 1090. The molecular formula is C22H22N4O2S. The Balaban J connectivity index is 1.38. The number of anilines is 2. The summed E-state index contributed by atoms with van der Waals surface area (Å²) in [5.41, 5.74) is 3.82. The van der Waals surface area contributed by atoms with E-state index in [2.05, 4.69) is 32.5 Å². The molecule has 1 aliphatic heterocycles. The number of rotatable bonds is 6. The first-order chi connectivity index (χ1) is 14.1. The van der Waals surface area contributed by atoms with Crippen LogP contribution in [0.1, 0.15) is 11.1 Å². The summed E-state index contributed by atoms with van der Waals surface area (Å²) >= 11 is 0. The molecule has 1 aliphatic rings. The minimum atomic E-state index is -3.57. The number of nitrogens with one attached hydrogen (secondary N) is 3. The van der Waals surface area contributed by atoms with Crippen LogP contribution >= 0.6 is 0 Å². The predicted molar refractivity (Wildman–Crippen MR) is 117 cm³/mol. The van der Waals surface area contributed by atoms with Crippen LogP contribution in [0, 0.1) is 0 Å². The van der Waals surface area contributed by atoms with E-state index < -0.39 is 10.0 Å². The van der Waals surface area contributed by atoms with Crippen molar-refractivity contribution in [2.24, 2.45) is 4.99 Å². The molecule has 148 valence electrons. The van der Waals surface area contributed by atoms with Gasteiger partial charge in [0.2, 0.25) is 0 Å². The van der Waals surface area contributed by atoms with E-state index in [-0.39, 0.29) is 4.90 Å². The fourth-order valence-corrected chi connectivity index (χ4v) is 4.14. The summed E-state index contributed by atoms with van der Waals surface area (Å²) in [5, 5.41) is 6.43. The van der Waals surface area contributed by atoms with Crippen LogP contribution in [0.4, 0.5) is 11.4 Å². The molecule has 7 heteroatoms. The number of nitrogens with zero attached hydrogens (tertiary/aromatic N) is 1. The van der Waals surface area contributed by atoms with Crippen molar-refractivity contribution in [1.29, 1.82) is 0 Å². The summed E-state index contributed by atoms with van der Waals surface area (Å²) in [5.74, 6) is 0.811. The first-order valence-corrected chi connectivity index (χ1v) is 10.9. The van der Waals surface area contributed by atoms with Gasteiger partial charge in [0.25, 0.3) is 10.0 Å². The van der Waals surface area contributed by atoms with E-state index >= 15 is 0 Å². The fourth-order valence-electron chi connectivity index (χ4n) is 3.06. The minimum Gasteiger partial charge on any atom is -0.354 e. The van der Waals surface area contributed by atoms with Gasteiger partial charge in [0, 0.05) is 17.9 Å². The first kappa shape index (κ1) is 19.0. The first-order valence-electron chi connectivity index (χ1n) is 9.40. The van der Waals surface area contributed by atoms with E-state index in [1.807, 2.05) is 24.3 Å². The molecule has 0 aliphatic carbocycles. The Morgan fingerprint density at radius 1 is 0.828 bits per heavy atom. The average Bonchev–Trinajstić information content (AvgIpc) is 3.24. The third-order valence-electron chi connectivity index (χ3n) is 4.56. The molecule has 0 saturated heterocycles. The molecule has 29 heavy (non-hydrogen) atoms. The lowest BCUT2D eigenvalue weighted by Crippen LogP contribution is -2.26. The van der Waals surface area contributed by atoms with Gasteiger partial charge < -0.3 is 10.6 Å². The maximum absolute atomic E-state index is 12.4. The second-order valence-corrected chi connectivity index (χ2v) is 8.45. The third kappa shape index (κ3) is 4.94. The molecule has 0 spiro atoms. The second kappa shape index (κ2) is 8.36. The number of guanidine groups is 1. The minimum absolute atomic E-state index is 0.247. The van der Waals surface area contributed by atoms with Gasteiger partial charge in [-0.1, -0.05) is 42.5 Å². The van der Waals surface area contributed by atoms with Crippen LogP contribution in [0.15, 0.2) is 88.8 Å². The highest BCUT2D eigenvalue weighted by Crippen LogP contribution is 2.19. The molecule has 0 bridgehead atoms. The Morgan fingerprint density at radius 2 is 1.45 bits per heavy atom. The van der Waals surface area contributed by atoms with Crippen molar-refractivity contribution < 1.29 is 8.42 Å². The molecule has 6 nitrogen and oxygen atoms in total. The zero-order chi connectivity index (χ0) is 20.1. The summed E-state index contributed by atoms with van der Waals surface area (Å²) in [6.07, 6.45) is 0.769. The summed E-state index contributed by atoms with van der Waals surface area (Å²) in [6, 6.07) is 24.0. The van der Waals surface area contributed by atoms with Crippen molar-refractivity contribution in [3.05, 3.63) is 90.0 Å². The third-order valence-corrected chi connectivity index (χ3v) is 5.96. The van der Waals surface area contributed by atoms with Gasteiger partial charge in [0.05, 0.1) is 11.4 Å². The van der Waals surface area contributed by atoms with Crippen LogP contribution < -0.4 is 15.4 Å². The van der Waals surface area contributed by atoms with Crippen LogP contribution in [-0.4, -0.2) is 27.5 Å². The molecule has 0 aromatic heterocycles. The molecule has 3 aromatic carbocycles. The van der Waals surface area contributed by atoms with Gasteiger partial charge in [-0.2, -0.15) is 0 Å². The largest absolute Gasteiger partial charge is 0.354 e. The van der Waals surface area contributed by atoms with E-state index in [1.165, 1.54) is 5.56 Å². The lowest BCUT2D eigenvalue weighted by atomic mass is 10.0. The quantitative estimate of drug-likeness (QED) is 0.586. The van der Waals surface area contributed by atoms with Gasteiger partial charge >= 0.3 is 0 Å². The van der Waals surface area contributed by atoms with Crippen LogP contribution in [0.2, 0.25) is 0 Å². The molecule has 0 amide bonds. The summed E-state index contributed by atoms with van der Waals surface area (Å²) in [7, 11) is -3.57. The molecule has 4 rings (SSSR count). The van der Waals surface area contributed by atoms with Crippen molar-refractivity contribution in [2.45, 2.75) is 11.3 Å². The van der Waals surface area contributed by atoms with Gasteiger partial charge in [-0.15, -0.1) is 0 Å². The van der Waals surface area contributed by atoms with Crippen LogP contribution in [0.3, 0.4) is 0 Å². The van der Waals surface area contributed by atoms with Crippen molar-refractivity contribution in [1.82, 2.24) is 5.32 Å². The van der Waals surface area contributed by atoms with Crippen molar-refractivity contribution >= 4 is 27.4 Å². The molecule has 0 fully saturated rings. The maximum Gasteiger partial charge on any atom is 0.261 e. The molecular weight excluding hydrogens is 384 g/mol. The van der Waals surface area contributed by atoms with Crippen LogP contribution in [0.25, 0.3) is 0 Å². The molecule has 1 heterocycles. The smallest absolute Gasteiger partial charge is 0.261 e. The summed E-state index contributed by atoms with van der Waals surface area (Å²) in [4.78, 5) is 4.57. The highest BCUT2D eigenvalue weighted by atomic mass is 32.2. The van der Waals surface area contributed by atoms with Crippen LogP contribution in [0.5, 0.6) is 0 Å². The Hall–Kier alpha value is -3.32. The SMILES string of the molecule is O=S(=O)(Nc1ccc(Cc2ccc(NC3=NCCN3)cc2)cc1)c1ccccc1. The van der Waals surface area contributed by atoms with Crippen molar-refractivity contribution in [3.8, 4) is 0 Å². The highest BCUT2D eigenvalue weighted by Gasteiger charge is 2.13. The molecule has 3 aromatic rings. The second-order valence-electron chi connectivity index (χ2n) is 6.77. The zero-order valence-electron chi connectivity index (χ0n) is 15.8. The Morgan fingerprint density at radius 3 is 2.03 bits per heavy atom. The van der Waals surface area contributed by atoms with E-state index in [1.54, 1.807) is 42.5 Å². The summed E-state index contributed by atoms with van der Waals surface area (Å²) in [6.45, 7) is 1.68. The Labute approximate surface area is 170 Å². The predicted octanol–water partition coefficient (Wildman–Crippen LogP) is 3.45. The molecule has 0 atom stereocenters.